The number of hydrogen-bond donors (Lipinski definition) is 1. The Morgan fingerprint density at radius 3 is 2.44 bits per heavy atom. The van der Waals surface area contributed by atoms with Gasteiger partial charge >= 0.3 is 12.0 Å². The van der Waals surface area contributed by atoms with E-state index in [2.05, 4.69) is 9.99 Å². The van der Waals surface area contributed by atoms with Crippen LogP contribution in [0.25, 0.3) is 6.08 Å². The van der Waals surface area contributed by atoms with Gasteiger partial charge in [-0.15, -0.1) is 0 Å². The number of oxime groups is 1. The lowest BCUT2D eigenvalue weighted by molar-refractivity contribution is -0.355. The summed E-state index contributed by atoms with van der Waals surface area (Å²) in [7, 11) is 0. The fourth-order valence-electron chi connectivity index (χ4n) is 1.44. The first-order valence-electron chi connectivity index (χ1n) is 5.18. The number of hydrogen-bond acceptors (Lipinski definition) is 3. The summed E-state index contributed by atoms with van der Waals surface area (Å²) in [5.74, 6) is -3.20. The predicted octanol–water partition coefficient (Wildman–Crippen LogP) is 2.73. The highest BCUT2D eigenvalue weighted by molar-refractivity contribution is 5.99. The zero-order chi connectivity index (χ0) is 13.2. The molecule has 1 aliphatic rings. The molecule has 1 N–H and O–H groups in total. The molecule has 0 spiro atoms. The smallest absolute Gasteiger partial charge is 0.350 e. The van der Waals surface area contributed by atoms with Crippen LogP contribution in [0.2, 0.25) is 0 Å². The molecule has 0 radical (unpaired) electrons. The number of aliphatic hydroxyl groups is 1. The maximum absolute atomic E-state index is 12.4. The quantitative estimate of drug-likeness (QED) is 0.885. The second-order valence-electron chi connectivity index (χ2n) is 3.88. The first kappa shape index (κ1) is 12.6. The summed E-state index contributed by atoms with van der Waals surface area (Å²) in [5.41, 5.74) is 0.862. The molecule has 0 saturated heterocycles. The van der Waals surface area contributed by atoms with Crippen LogP contribution in [0.1, 0.15) is 12.0 Å². The summed E-state index contributed by atoms with van der Waals surface area (Å²) in [6.07, 6.45) is -2.58. The molecule has 0 amide bonds. The van der Waals surface area contributed by atoms with E-state index in [9.17, 15) is 18.3 Å². The van der Waals surface area contributed by atoms with Gasteiger partial charge in [0, 0.05) is 0 Å². The average Bonchev–Trinajstić information content (AvgIpc) is 2.71. The van der Waals surface area contributed by atoms with E-state index in [0.717, 1.165) is 5.56 Å². The van der Waals surface area contributed by atoms with E-state index in [0.29, 0.717) is 0 Å². The molecule has 0 unspecified atom stereocenters. The third kappa shape index (κ3) is 2.53. The molecule has 0 bridgehead atoms. The molecule has 2 rings (SSSR count). The van der Waals surface area contributed by atoms with Gasteiger partial charge in [0.25, 0.3) is 0 Å². The van der Waals surface area contributed by atoms with Gasteiger partial charge in [-0.1, -0.05) is 41.6 Å². The van der Waals surface area contributed by atoms with Crippen LogP contribution in [0.3, 0.4) is 0 Å². The lowest BCUT2D eigenvalue weighted by atomic mass is 10.1. The van der Waals surface area contributed by atoms with E-state index in [-0.39, 0.29) is 5.71 Å². The summed E-state index contributed by atoms with van der Waals surface area (Å²) in [4.78, 5) is 4.07. The number of alkyl halides is 3. The van der Waals surface area contributed by atoms with Crippen molar-refractivity contribution < 1.29 is 23.1 Å². The van der Waals surface area contributed by atoms with E-state index >= 15 is 0 Å². The molecule has 0 aromatic heterocycles. The number of rotatable bonds is 2. The van der Waals surface area contributed by atoms with Gasteiger partial charge in [0.1, 0.15) is 0 Å². The van der Waals surface area contributed by atoms with Gasteiger partial charge in [0.2, 0.25) is 0 Å². The van der Waals surface area contributed by atoms with Gasteiger partial charge in [-0.3, -0.25) is 0 Å². The van der Waals surface area contributed by atoms with E-state index in [4.69, 9.17) is 0 Å². The zero-order valence-electron chi connectivity index (χ0n) is 9.19. The van der Waals surface area contributed by atoms with E-state index in [1.807, 2.05) is 6.07 Å². The number of nitrogens with zero attached hydrogens (tertiary/aromatic N) is 1. The SMILES string of the molecule is O[C@@]1(C(F)(F)F)CC(/C=C/c2ccccc2)=NO1. The minimum absolute atomic E-state index is 0.0404. The third-order valence-corrected chi connectivity index (χ3v) is 2.45. The van der Waals surface area contributed by atoms with Crippen molar-refractivity contribution in [2.75, 3.05) is 0 Å². The molecule has 1 heterocycles. The third-order valence-electron chi connectivity index (χ3n) is 2.45. The second kappa shape index (κ2) is 4.45. The topological polar surface area (TPSA) is 41.8 Å². The van der Waals surface area contributed by atoms with Crippen molar-refractivity contribution >= 4 is 11.8 Å². The summed E-state index contributed by atoms with van der Waals surface area (Å²) in [5, 5.41) is 12.4. The Bertz CT molecular complexity index is 482. The Labute approximate surface area is 101 Å². The fraction of sp³-hybridized carbons (Fsp3) is 0.250. The molecule has 1 aliphatic heterocycles. The largest absolute Gasteiger partial charge is 0.458 e. The minimum atomic E-state index is -4.86. The summed E-state index contributed by atoms with van der Waals surface area (Å²) >= 11 is 0. The second-order valence-corrected chi connectivity index (χ2v) is 3.88. The molecular formula is C12H10F3NO2. The molecule has 0 saturated carbocycles. The highest BCUT2D eigenvalue weighted by atomic mass is 19.4. The van der Waals surface area contributed by atoms with Crippen molar-refractivity contribution in [1.82, 2.24) is 0 Å². The van der Waals surface area contributed by atoms with Gasteiger partial charge < -0.3 is 9.94 Å². The highest BCUT2D eigenvalue weighted by Gasteiger charge is 2.60. The van der Waals surface area contributed by atoms with Crippen LogP contribution in [0.4, 0.5) is 13.2 Å². The first-order chi connectivity index (χ1) is 8.41. The Morgan fingerprint density at radius 1 is 1.22 bits per heavy atom. The van der Waals surface area contributed by atoms with Crippen molar-refractivity contribution in [1.29, 1.82) is 0 Å². The normalized spacial score (nSPS) is 24.1. The Kier molecular flexibility index (Phi) is 3.13. The average molecular weight is 257 g/mol. The lowest BCUT2D eigenvalue weighted by Gasteiger charge is -2.22. The summed E-state index contributed by atoms with van der Waals surface area (Å²) in [6, 6.07) is 9.03. The van der Waals surface area contributed by atoms with Crippen LogP contribution >= 0.6 is 0 Å². The molecular weight excluding hydrogens is 247 g/mol. The summed E-state index contributed by atoms with van der Waals surface area (Å²) < 4.78 is 37.2. The van der Waals surface area contributed by atoms with Crippen molar-refractivity contribution in [3.8, 4) is 0 Å². The number of benzene rings is 1. The minimum Gasteiger partial charge on any atom is -0.350 e. The van der Waals surface area contributed by atoms with Gasteiger partial charge in [-0.05, 0) is 11.6 Å². The Morgan fingerprint density at radius 2 is 1.89 bits per heavy atom. The first-order valence-corrected chi connectivity index (χ1v) is 5.18. The maximum Gasteiger partial charge on any atom is 0.458 e. The Hall–Kier alpha value is -1.82. The van der Waals surface area contributed by atoms with Crippen LogP contribution in [0.5, 0.6) is 0 Å². The standard InChI is InChI=1S/C12H10F3NO2/c13-12(14,15)11(17)8-10(16-18-11)7-6-9-4-2-1-3-5-9/h1-7,17H,8H2/b7-6+/t11-/m0/s1. The van der Waals surface area contributed by atoms with Crippen LogP contribution in [-0.2, 0) is 4.84 Å². The van der Waals surface area contributed by atoms with Gasteiger partial charge in [0.15, 0.2) is 0 Å². The fourth-order valence-corrected chi connectivity index (χ4v) is 1.44. The number of halogens is 3. The molecule has 0 fully saturated rings. The lowest BCUT2D eigenvalue weighted by Crippen LogP contribution is -2.45. The van der Waals surface area contributed by atoms with Crippen LogP contribution in [0.15, 0.2) is 41.6 Å². The zero-order valence-corrected chi connectivity index (χ0v) is 9.19. The van der Waals surface area contributed by atoms with Crippen molar-refractivity contribution in [3.05, 3.63) is 42.0 Å². The van der Waals surface area contributed by atoms with Crippen molar-refractivity contribution in [2.24, 2.45) is 5.16 Å². The maximum atomic E-state index is 12.4. The van der Waals surface area contributed by atoms with Gasteiger partial charge in [-0.25, -0.2) is 0 Å². The molecule has 6 heteroatoms. The molecule has 1 aromatic carbocycles. The molecule has 1 atom stereocenters. The van der Waals surface area contributed by atoms with Gasteiger partial charge in [0.05, 0.1) is 12.1 Å². The predicted molar refractivity (Wildman–Crippen MR) is 59.6 cm³/mol. The van der Waals surface area contributed by atoms with E-state index in [1.54, 1.807) is 30.3 Å². The molecule has 3 nitrogen and oxygen atoms in total. The van der Waals surface area contributed by atoms with Crippen LogP contribution < -0.4 is 0 Å². The van der Waals surface area contributed by atoms with Gasteiger partial charge in [-0.2, -0.15) is 13.2 Å². The van der Waals surface area contributed by atoms with Crippen molar-refractivity contribution in [3.63, 3.8) is 0 Å². The number of allylic oxidation sites excluding steroid dienone is 1. The molecule has 0 aliphatic carbocycles. The highest BCUT2D eigenvalue weighted by Crippen LogP contribution is 2.37. The van der Waals surface area contributed by atoms with Crippen LogP contribution in [0, 0.1) is 0 Å². The van der Waals surface area contributed by atoms with E-state index < -0.39 is 18.4 Å². The monoisotopic (exact) mass is 257 g/mol. The molecule has 18 heavy (non-hydrogen) atoms. The molecule has 96 valence electrons. The molecule has 1 aromatic rings. The summed E-state index contributed by atoms with van der Waals surface area (Å²) in [6.45, 7) is 0. The Balaban J connectivity index is 2.04. The van der Waals surface area contributed by atoms with Crippen LogP contribution in [-0.4, -0.2) is 22.8 Å². The van der Waals surface area contributed by atoms with E-state index in [1.165, 1.54) is 6.08 Å². The van der Waals surface area contributed by atoms with Crippen molar-refractivity contribution in [2.45, 2.75) is 18.4 Å².